The summed E-state index contributed by atoms with van der Waals surface area (Å²) in [4.78, 5) is 12.5. The zero-order valence-electron chi connectivity index (χ0n) is 17.7. The monoisotopic (exact) mass is 530 g/mol. The van der Waals surface area contributed by atoms with Crippen molar-refractivity contribution < 1.29 is 26.4 Å². The lowest BCUT2D eigenvalue weighted by Gasteiger charge is -2.25. The van der Waals surface area contributed by atoms with Gasteiger partial charge in [-0.25, -0.2) is 8.42 Å². The second-order valence-electron chi connectivity index (χ2n) is 7.39. The normalized spacial score (nSPS) is 11.8. The molecule has 0 aliphatic heterocycles. The molecule has 34 heavy (non-hydrogen) atoms. The summed E-state index contributed by atoms with van der Waals surface area (Å²) in [6.45, 7) is 0.981. The molecule has 5 nitrogen and oxygen atoms in total. The first-order valence-electron chi connectivity index (χ1n) is 9.85. The lowest BCUT2D eigenvalue weighted by atomic mass is 10.2. The molecule has 0 bridgehead atoms. The average molecular weight is 531 g/mol. The maximum absolute atomic E-state index is 13.3. The van der Waals surface area contributed by atoms with Gasteiger partial charge in [0.1, 0.15) is 6.54 Å². The third-order valence-electron chi connectivity index (χ3n) is 4.85. The molecule has 0 atom stereocenters. The van der Waals surface area contributed by atoms with Crippen molar-refractivity contribution in [2.24, 2.45) is 0 Å². The standard InChI is InChI=1S/C23H19Cl2F3N2O3S/c1-15-5-9-20(10-6-15)34(32,33)30(19-4-2-3-17(11-19)23(26,27)28)14-22(31)29-13-16-7-8-18(24)12-21(16)25/h2-12H,13-14H2,1H3,(H,29,31). The summed E-state index contributed by atoms with van der Waals surface area (Å²) in [7, 11) is -4.36. The summed E-state index contributed by atoms with van der Waals surface area (Å²) in [6.07, 6.45) is -4.69. The van der Waals surface area contributed by atoms with Crippen molar-refractivity contribution in [1.82, 2.24) is 5.32 Å². The molecule has 3 rings (SSSR count). The summed E-state index contributed by atoms with van der Waals surface area (Å²) >= 11 is 11.9. The molecule has 3 aromatic carbocycles. The number of rotatable bonds is 7. The fourth-order valence-corrected chi connectivity index (χ4v) is 4.92. The number of nitrogens with one attached hydrogen (secondary N) is 1. The molecule has 0 heterocycles. The van der Waals surface area contributed by atoms with E-state index < -0.39 is 34.2 Å². The third-order valence-corrected chi connectivity index (χ3v) is 7.22. The smallest absolute Gasteiger partial charge is 0.350 e. The predicted molar refractivity (Wildman–Crippen MR) is 125 cm³/mol. The van der Waals surface area contributed by atoms with Crippen LogP contribution in [0.4, 0.5) is 18.9 Å². The summed E-state index contributed by atoms with van der Waals surface area (Å²) in [5.74, 6) is -0.737. The maximum Gasteiger partial charge on any atom is 0.416 e. The number of amides is 1. The topological polar surface area (TPSA) is 66.5 Å². The van der Waals surface area contributed by atoms with Gasteiger partial charge in [-0.15, -0.1) is 0 Å². The van der Waals surface area contributed by atoms with Crippen molar-refractivity contribution >= 4 is 44.8 Å². The van der Waals surface area contributed by atoms with Crippen molar-refractivity contribution in [3.8, 4) is 0 Å². The van der Waals surface area contributed by atoms with Crippen molar-refractivity contribution in [1.29, 1.82) is 0 Å². The lowest BCUT2D eigenvalue weighted by Crippen LogP contribution is -2.40. The third kappa shape index (κ3) is 6.22. The minimum absolute atomic E-state index is 0.0319. The van der Waals surface area contributed by atoms with E-state index in [1.807, 2.05) is 0 Å². The molecule has 0 saturated heterocycles. The van der Waals surface area contributed by atoms with E-state index in [9.17, 15) is 26.4 Å². The van der Waals surface area contributed by atoms with E-state index in [4.69, 9.17) is 23.2 Å². The zero-order chi connectivity index (χ0) is 25.1. The van der Waals surface area contributed by atoms with Gasteiger partial charge in [0.05, 0.1) is 16.1 Å². The van der Waals surface area contributed by atoms with E-state index >= 15 is 0 Å². The fourth-order valence-electron chi connectivity index (χ4n) is 3.04. The number of halogens is 5. The number of sulfonamides is 1. The molecule has 3 aromatic rings. The quantitative estimate of drug-likeness (QED) is 0.417. The van der Waals surface area contributed by atoms with Crippen molar-refractivity contribution in [2.75, 3.05) is 10.8 Å². The largest absolute Gasteiger partial charge is 0.416 e. The van der Waals surface area contributed by atoms with Crippen LogP contribution in [0.2, 0.25) is 10.0 Å². The fraction of sp³-hybridized carbons (Fsp3) is 0.174. The van der Waals surface area contributed by atoms with Crippen LogP contribution in [0.3, 0.4) is 0 Å². The number of nitrogens with zero attached hydrogens (tertiary/aromatic N) is 1. The van der Waals surface area contributed by atoms with Gasteiger partial charge in [-0.1, -0.05) is 53.0 Å². The van der Waals surface area contributed by atoms with Gasteiger partial charge in [0.2, 0.25) is 5.91 Å². The van der Waals surface area contributed by atoms with Gasteiger partial charge in [0, 0.05) is 16.6 Å². The van der Waals surface area contributed by atoms with E-state index in [1.165, 1.54) is 24.3 Å². The maximum atomic E-state index is 13.3. The minimum Gasteiger partial charge on any atom is -0.350 e. The summed E-state index contributed by atoms with van der Waals surface area (Å²) in [5.41, 5.74) is -0.00822. The van der Waals surface area contributed by atoms with Gasteiger partial charge < -0.3 is 5.32 Å². The van der Waals surface area contributed by atoms with E-state index in [1.54, 1.807) is 31.2 Å². The Bertz CT molecular complexity index is 1300. The average Bonchev–Trinajstić information content (AvgIpc) is 2.76. The highest BCUT2D eigenvalue weighted by atomic mass is 35.5. The Morgan fingerprint density at radius 2 is 1.68 bits per heavy atom. The molecule has 180 valence electrons. The van der Waals surface area contributed by atoms with Crippen molar-refractivity contribution in [3.63, 3.8) is 0 Å². The summed E-state index contributed by atoms with van der Waals surface area (Å²) in [5, 5.41) is 3.25. The van der Waals surface area contributed by atoms with Gasteiger partial charge in [-0.3, -0.25) is 9.10 Å². The molecular weight excluding hydrogens is 512 g/mol. The lowest BCUT2D eigenvalue weighted by molar-refractivity contribution is -0.137. The number of hydrogen-bond acceptors (Lipinski definition) is 3. The first-order chi connectivity index (χ1) is 15.9. The number of carbonyl (C=O) groups excluding carboxylic acids is 1. The number of aryl methyl sites for hydroxylation is 1. The Kier molecular flexibility index (Phi) is 7.80. The van der Waals surface area contributed by atoms with E-state index in [2.05, 4.69) is 5.32 Å². The molecule has 0 fully saturated rings. The molecular formula is C23H19Cl2F3N2O3S. The van der Waals surface area contributed by atoms with Crippen LogP contribution < -0.4 is 9.62 Å². The van der Waals surface area contributed by atoms with Gasteiger partial charge in [-0.2, -0.15) is 13.2 Å². The molecule has 0 aromatic heterocycles. The predicted octanol–water partition coefficient (Wildman–Crippen LogP) is 5.83. The number of anilines is 1. The highest BCUT2D eigenvalue weighted by Crippen LogP contribution is 2.33. The van der Waals surface area contributed by atoms with E-state index in [0.717, 1.165) is 17.7 Å². The Balaban J connectivity index is 1.93. The molecule has 11 heteroatoms. The number of alkyl halides is 3. The second-order valence-corrected chi connectivity index (χ2v) is 10.1. The Labute approximate surface area is 205 Å². The SMILES string of the molecule is Cc1ccc(S(=O)(=O)N(CC(=O)NCc2ccc(Cl)cc2Cl)c2cccc(C(F)(F)F)c2)cc1. The Morgan fingerprint density at radius 3 is 2.29 bits per heavy atom. The molecule has 0 aliphatic carbocycles. The zero-order valence-corrected chi connectivity index (χ0v) is 20.1. The molecule has 0 spiro atoms. The van der Waals surface area contributed by atoms with Crippen LogP contribution in [0.15, 0.2) is 71.6 Å². The van der Waals surface area contributed by atoms with Crippen molar-refractivity contribution in [3.05, 3.63) is 93.5 Å². The van der Waals surface area contributed by atoms with Crippen LogP contribution in [0, 0.1) is 6.92 Å². The van der Waals surface area contributed by atoms with E-state index in [0.29, 0.717) is 26.0 Å². The highest BCUT2D eigenvalue weighted by Gasteiger charge is 2.33. The summed E-state index contributed by atoms with van der Waals surface area (Å²) < 4.78 is 67.1. The van der Waals surface area contributed by atoms with Crippen molar-refractivity contribution in [2.45, 2.75) is 24.5 Å². The van der Waals surface area contributed by atoms with Gasteiger partial charge in [0.25, 0.3) is 10.0 Å². The Morgan fingerprint density at radius 1 is 1.00 bits per heavy atom. The second kappa shape index (κ2) is 10.2. The van der Waals surface area contributed by atoms with Crippen LogP contribution in [0.1, 0.15) is 16.7 Å². The van der Waals surface area contributed by atoms with Crippen LogP contribution in [0.25, 0.3) is 0 Å². The van der Waals surface area contributed by atoms with Crippen LogP contribution in [-0.2, 0) is 27.5 Å². The van der Waals surface area contributed by atoms with Crippen LogP contribution >= 0.6 is 23.2 Å². The molecule has 0 unspecified atom stereocenters. The number of hydrogen-bond donors (Lipinski definition) is 1. The van der Waals surface area contributed by atoms with E-state index in [-0.39, 0.29) is 17.1 Å². The minimum atomic E-state index is -4.69. The Hall–Kier alpha value is -2.75. The molecule has 0 radical (unpaired) electrons. The number of carbonyl (C=O) groups is 1. The van der Waals surface area contributed by atoms with Crippen LogP contribution in [-0.4, -0.2) is 20.9 Å². The summed E-state index contributed by atoms with van der Waals surface area (Å²) in [6, 6.07) is 14.2. The van der Waals surface area contributed by atoms with Gasteiger partial charge >= 0.3 is 6.18 Å². The number of benzene rings is 3. The first kappa shape index (κ1) is 25.9. The van der Waals surface area contributed by atoms with Gasteiger partial charge in [0.15, 0.2) is 0 Å². The van der Waals surface area contributed by atoms with Crippen LogP contribution in [0.5, 0.6) is 0 Å². The molecule has 1 amide bonds. The van der Waals surface area contributed by atoms with Gasteiger partial charge in [-0.05, 0) is 55.0 Å². The molecule has 0 aliphatic rings. The first-order valence-corrected chi connectivity index (χ1v) is 12.0. The highest BCUT2D eigenvalue weighted by molar-refractivity contribution is 7.92. The molecule has 1 N–H and O–H groups in total. The molecule has 0 saturated carbocycles.